The second kappa shape index (κ2) is 16.0. The first-order valence-corrected chi connectivity index (χ1v) is 18.4. The summed E-state index contributed by atoms with van der Waals surface area (Å²) in [5.41, 5.74) is 3.41. The second-order valence-corrected chi connectivity index (χ2v) is 15.2. The van der Waals surface area contributed by atoms with Crippen molar-refractivity contribution >= 4 is 50.7 Å². The lowest BCUT2D eigenvalue weighted by Crippen LogP contribution is -2.55. The van der Waals surface area contributed by atoms with Gasteiger partial charge in [0.05, 0.1) is 10.6 Å². The van der Waals surface area contributed by atoms with E-state index in [2.05, 4.69) is 5.32 Å². The van der Waals surface area contributed by atoms with Gasteiger partial charge in [-0.25, -0.2) is 8.42 Å². The maximum Gasteiger partial charge on any atom is 0.264 e. The number of carbonyl (C=O) groups is 2. The number of amides is 2. The predicted octanol–water partition coefficient (Wildman–Crippen LogP) is 7.89. The Morgan fingerprint density at radius 2 is 1.48 bits per heavy atom. The number of sulfonamides is 1. The lowest BCUT2D eigenvalue weighted by atomic mass is 9.94. The molecule has 7 nitrogen and oxygen atoms in total. The van der Waals surface area contributed by atoms with Crippen LogP contribution in [-0.2, 0) is 32.6 Å². The van der Waals surface area contributed by atoms with Gasteiger partial charge in [-0.2, -0.15) is 0 Å². The standard InChI is InChI=1S/C38H41Cl2N3O4S/c1-27-16-19-34(20-17-27)48(46,47)43(35-21-18-32(40)22-28(35)2)26-37(44)42(25-30-12-9-13-31(39)23-30)36(24-29-10-5-3-6-11-29)38(45)41-33-14-7-4-8-15-33/h3,5-6,9-13,16-23,33,36H,4,7-8,14-15,24-26H2,1-2H3,(H,41,45)/t36-/m0/s1. The molecule has 48 heavy (non-hydrogen) atoms. The molecule has 4 aromatic carbocycles. The fourth-order valence-corrected chi connectivity index (χ4v) is 8.10. The molecule has 0 aliphatic heterocycles. The second-order valence-electron chi connectivity index (χ2n) is 12.5. The Morgan fingerprint density at radius 3 is 2.15 bits per heavy atom. The van der Waals surface area contributed by atoms with Crippen molar-refractivity contribution in [2.45, 2.75) is 75.9 Å². The van der Waals surface area contributed by atoms with Crippen LogP contribution in [0, 0.1) is 13.8 Å². The average molecular weight is 707 g/mol. The van der Waals surface area contributed by atoms with Gasteiger partial charge in [-0.3, -0.25) is 13.9 Å². The van der Waals surface area contributed by atoms with Crippen molar-refractivity contribution in [2.75, 3.05) is 10.8 Å². The Balaban J connectivity index is 1.58. The number of nitrogens with zero attached hydrogens (tertiary/aromatic N) is 2. The number of anilines is 1. The van der Waals surface area contributed by atoms with Crippen LogP contribution in [0.3, 0.4) is 0 Å². The molecule has 2 amide bonds. The molecule has 0 bridgehead atoms. The van der Waals surface area contributed by atoms with Gasteiger partial charge in [0, 0.05) is 29.1 Å². The summed E-state index contributed by atoms with van der Waals surface area (Å²) < 4.78 is 29.8. The quantitative estimate of drug-likeness (QED) is 0.162. The minimum atomic E-state index is -4.22. The Kier molecular flexibility index (Phi) is 11.8. The smallest absolute Gasteiger partial charge is 0.264 e. The zero-order chi connectivity index (χ0) is 34.3. The van der Waals surface area contributed by atoms with Gasteiger partial charge >= 0.3 is 0 Å². The highest BCUT2D eigenvalue weighted by atomic mass is 35.5. The first-order valence-electron chi connectivity index (χ1n) is 16.2. The molecule has 5 rings (SSSR count). The van der Waals surface area contributed by atoms with E-state index in [9.17, 15) is 18.0 Å². The van der Waals surface area contributed by atoms with Crippen LogP contribution >= 0.6 is 23.2 Å². The van der Waals surface area contributed by atoms with Crippen LogP contribution in [-0.4, -0.2) is 43.8 Å². The van der Waals surface area contributed by atoms with Crippen molar-refractivity contribution in [3.05, 3.63) is 129 Å². The van der Waals surface area contributed by atoms with Gasteiger partial charge in [0.1, 0.15) is 12.6 Å². The molecule has 1 saturated carbocycles. The summed E-state index contributed by atoms with van der Waals surface area (Å²) >= 11 is 12.6. The third kappa shape index (κ3) is 8.98. The fourth-order valence-electron chi connectivity index (χ4n) is 6.18. The van der Waals surface area contributed by atoms with E-state index >= 15 is 0 Å². The van der Waals surface area contributed by atoms with E-state index in [1.165, 1.54) is 17.0 Å². The van der Waals surface area contributed by atoms with Crippen molar-refractivity contribution in [3.8, 4) is 0 Å². The molecule has 252 valence electrons. The highest BCUT2D eigenvalue weighted by molar-refractivity contribution is 7.92. The van der Waals surface area contributed by atoms with Crippen LogP contribution < -0.4 is 9.62 Å². The fraction of sp³-hybridized carbons (Fsp3) is 0.316. The molecule has 1 fully saturated rings. The summed E-state index contributed by atoms with van der Waals surface area (Å²) in [5.74, 6) is -0.795. The molecule has 0 radical (unpaired) electrons. The third-order valence-corrected chi connectivity index (χ3v) is 11.0. The molecular weight excluding hydrogens is 665 g/mol. The molecule has 10 heteroatoms. The van der Waals surface area contributed by atoms with Crippen molar-refractivity contribution in [1.29, 1.82) is 0 Å². The summed E-state index contributed by atoms with van der Waals surface area (Å²) in [4.78, 5) is 30.5. The normalized spacial score (nSPS) is 14.2. The Morgan fingerprint density at radius 1 is 0.812 bits per heavy atom. The molecule has 1 atom stereocenters. The molecule has 1 aliphatic carbocycles. The SMILES string of the molecule is Cc1ccc(S(=O)(=O)N(CC(=O)N(Cc2cccc(Cl)c2)[C@@H](Cc2ccccc2)C(=O)NC2CCCCC2)c2ccc(Cl)cc2C)cc1. The van der Waals surface area contributed by atoms with Crippen LogP contribution in [0.25, 0.3) is 0 Å². The highest BCUT2D eigenvalue weighted by Crippen LogP contribution is 2.30. The molecular formula is C38H41Cl2N3O4S. The number of aryl methyl sites for hydroxylation is 2. The average Bonchev–Trinajstić information content (AvgIpc) is 3.06. The van der Waals surface area contributed by atoms with Gasteiger partial charge in [0.15, 0.2) is 0 Å². The van der Waals surface area contributed by atoms with Crippen LogP contribution in [0.15, 0.2) is 102 Å². The van der Waals surface area contributed by atoms with E-state index in [1.54, 1.807) is 55.5 Å². The molecule has 0 unspecified atom stereocenters. The summed E-state index contributed by atoms with van der Waals surface area (Å²) in [6, 6.07) is 27.2. The zero-order valence-corrected chi connectivity index (χ0v) is 29.6. The predicted molar refractivity (Wildman–Crippen MR) is 193 cm³/mol. The summed E-state index contributed by atoms with van der Waals surface area (Å²) in [5, 5.41) is 4.16. The van der Waals surface area contributed by atoms with Crippen molar-refractivity contribution < 1.29 is 18.0 Å². The summed E-state index contributed by atoms with van der Waals surface area (Å²) in [7, 11) is -4.22. The molecule has 1 N–H and O–H groups in total. The van der Waals surface area contributed by atoms with Crippen LogP contribution in [0.4, 0.5) is 5.69 Å². The van der Waals surface area contributed by atoms with Gasteiger partial charge < -0.3 is 10.2 Å². The number of hydrogen-bond acceptors (Lipinski definition) is 4. The summed E-state index contributed by atoms with van der Waals surface area (Å²) in [6.07, 6.45) is 5.21. The molecule has 0 heterocycles. The number of benzene rings is 4. The third-order valence-electron chi connectivity index (χ3n) is 8.78. The maximum absolute atomic E-state index is 14.7. The topological polar surface area (TPSA) is 86.8 Å². The number of carbonyl (C=O) groups excluding carboxylic acids is 2. The van der Waals surface area contributed by atoms with E-state index in [-0.39, 0.29) is 29.8 Å². The van der Waals surface area contributed by atoms with E-state index in [4.69, 9.17) is 23.2 Å². The minimum absolute atomic E-state index is 0.0165. The number of rotatable bonds is 12. The van der Waals surface area contributed by atoms with E-state index in [0.29, 0.717) is 21.3 Å². The molecule has 0 spiro atoms. The lowest BCUT2D eigenvalue weighted by molar-refractivity contribution is -0.140. The first kappa shape index (κ1) is 35.5. The van der Waals surface area contributed by atoms with Crippen LogP contribution in [0.1, 0.15) is 54.4 Å². The van der Waals surface area contributed by atoms with E-state index in [0.717, 1.165) is 53.1 Å². The monoisotopic (exact) mass is 705 g/mol. The van der Waals surface area contributed by atoms with Gasteiger partial charge in [0.2, 0.25) is 11.8 Å². The van der Waals surface area contributed by atoms with Gasteiger partial charge in [0.25, 0.3) is 10.0 Å². The van der Waals surface area contributed by atoms with Crippen molar-refractivity contribution in [2.24, 2.45) is 0 Å². The van der Waals surface area contributed by atoms with Crippen LogP contribution in [0.2, 0.25) is 10.0 Å². The first-order chi connectivity index (χ1) is 23.0. The highest BCUT2D eigenvalue weighted by Gasteiger charge is 2.36. The molecule has 1 aliphatic rings. The molecule has 0 saturated heterocycles. The Hall–Kier alpha value is -3.85. The lowest BCUT2D eigenvalue weighted by Gasteiger charge is -2.35. The van der Waals surface area contributed by atoms with Crippen molar-refractivity contribution in [1.82, 2.24) is 10.2 Å². The van der Waals surface area contributed by atoms with Crippen LogP contribution in [0.5, 0.6) is 0 Å². The van der Waals surface area contributed by atoms with E-state index in [1.807, 2.05) is 43.3 Å². The van der Waals surface area contributed by atoms with Gasteiger partial charge in [-0.05, 0) is 85.8 Å². The number of halogens is 2. The van der Waals surface area contributed by atoms with E-state index < -0.39 is 28.5 Å². The molecule has 0 aromatic heterocycles. The van der Waals surface area contributed by atoms with Gasteiger partial charge in [-0.15, -0.1) is 0 Å². The maximum atomic E-state index is 14.7. The summed E-state index contributed by atoms with van der Waals surface area (Å²) in [6.45, 7) is 3.14. The Labute approximate surface area is 293 Å². The minimum Gasteiger partial charge on any atom is -0.352 e. The Bertz CT molecular complexity index is 1830. The molecule has 4 aromatic rings. The number of nitrogens with one attached hydrogen (secondary N) is 1. The zero-order valence-electron chi connectivity index (χ0n) is 27.2. The van der Waals surface area contributed by atoms with Gasteiger partial charge in [-0.1, -0.05) is 103 Å². The number of hydrogen-bond donors (Lipinski definition) is 1. The van der Waals surface area contributed by atoms with Crippen molar-refractivity contribution in [3.63, 3.8) is 0 Å². The largest absolute Gasteiger partial charge is 0.352 e.